The summed E-state index contributed by atoms with van der Waals surface area (Å²) in [7, 11) is -1.72. The molecule has 1 aromatic carbocycles. The van der Waals surface area contributed by atoms with Crippen molar-refractivity contribution in [3.05, 3.63) is 18.2 Å². The summed E-state index contributed by atoms with van der Waals surface area (Å²) < 4.78 is 23.5. The molecular formula is C13H22N4O2S. The summed E-state index contributed by atoms with van der Waals surface area (Å²) in [5, 5.41) is 5.31. The lowest BCUT2D eigenvalue weighted by atomic mass is 9.99. The number of piperazine rings is 1. The smallest absolute Gasteiger partial charge is 0.240 e. The van der Waals surface area contributed by atoms with E-state index in [0.717, 1.165) is 19.6 Å². The van der Waals surface area contributed by atoms with Gasteiger partial charge in [0.1, 0.15) is 4.90 Å². The van der Waals surface area contributed by atoms with Gasteiger partial charge in [-0.3, -0.25) is 4.90 Å². The number of primary sulfonamides is 1. The molecule has 1 aliphatic heterocycles. The zero-order valence-corrected chi connectivity index (χ0v) is 12.9. The van der Waals surface area contributed by atoms with Crippen LogP contribution in [0.4, 0.5) is 11.4 Å². The first-order valence-corrected chi connectivity index (χ1v) is 8.04. The van der Waals surface area contributed by atoms with Crippen molar-refractivity contribution in [2.45, 2.75) is 24.3 Å². The Balaban J connectivity index is 2.44. The van der Waals surface area contributed by atoms with Crippen molar-refractivity contribution in [2.24, 2.45) is 5.14 Å². The fourth-order valence-corrected chi connectivity index (χ4v) is 3.25. The van der Waals surface area contributed by atoms with Crippen molar-refractivity contribution in [3.8, 4) is 0 Å². The lowest BCUT2D eigenvalue weighted by molar-refractivity contribution is 0.138. The standard InChI is InChI=1S/C13H22N4O2S/c1-13(2)9-17(7-6-16(13)3)11-5-4-10(14)8-12(11)20(15,18)19/h4-5,8H,6-7,9,14H2,1-3H3,(H2,15,18,19). The van der Waals surface area contributed by atoms with Gasteiger partial charge in [-0.05, 0) is 39.1 Å². The van der Waals surface area contributed by atoms with Crippen molar-refractivity contribution in [1.82, 2.24) is 4.90 Å². The minimum atomic E-state index is -3.79. The number of hydrogen-bond acceptors (Lipinski definition) is 5. The number of benzene rings is 1. The Hall–Kier alpha value is -1.31. The van der Waals surface area contributed by atoms with Gasteiger partial charge in [0.05, 0.1) is 5.69 Å². The molecule has 0 atom stereocenters. The predicted octanol–water partition coefficient (Wildman–Crippen LogP) is 0.447. The Morgan fingerprint density at radius 3 is 2.45 bits per heavy atom. The SMILES string of the molecule is CN1CCN(c2ccc(N)cc2S(N)(=O)=O)CC1(C)C. The molecule has 6 nitrogen and oxygen atoms in total. The molecule has 0 aliphatic carbocycles. The van der Waals surface area contributed by atoms with Gasteiger partial charge in [-0.1, -0.05) is 0 Å². The highest BCUT2D eigenvalue weighted by Crippen LogP contribution is 2.30. The number of nitrogens with two attached hydrogens (primary N) is 2. The average Bonchev–Trinajstić information content (AvgIpc) is 2.31. The summed E-state index contributed by atoms with van der Waals surface area (Å²) in [5.41, 5.74) is 6.67. The molecule has 2 rings (SSSR count). The van der Waals surface area contributed by atoms with Crippen LogP contribution in [0.15, 0.2) is 23.1 Å². The molecule has 0 saturated carbocycles. The van der Waals surface area contributed by atoms with Crippen LogP contribution < -0.4 is 15.8 Å². The predicted molar refractivity (Wildman–Crippen MR) is 81.1 cm³/mol. The quantitative estimate of drug-likeness (QED) is 0.773. The van der Waals surface area contributed by atoms with Gasteiger partial charge in [0.25, 0.3) is 0 Å². The number of nitrogens with zero attached hydrogens (tertiary/aromatic N) is 2. The molecule has 0 spiro atoms. The van der Waals surface area contributed by atoms with Crippen molar-refractivity contribution < 1.29 is 8.42 Å². The van der Waals surface area contributed by atoms with Gasteiger partial charge in [-0.25, -0.2) is 13.6 Å². The molecule has 1 heterocycles. The first-order valence-electron chi connectivity index (χ1n) is 6.50. The fourth-order valence-electron chi connectivity index (χ4n) is 2.47. The second kappa shape index (κ2) is 4.91. The maximum absolute atomic E-state index is 11.8. The van der Waals surface area contributed by atoms with E-state index in [2.05, 4.69) is 30.7 Å². The van der Waals surface area contributed by atoms with Crippen LogP contribution in [-0.4, -0.2) is 45.5 Å². The molecule has 0 bridgehead atoms. The third-order valence-corrected chi connectivity index (χ3v) is 4.89. The third kappa shape index (κ3) is 2.89. The van der Waals surface area contributed by atoms with Crippen LogP contribution in [0.1, 0.15) is 13.8 Å². The molecule has 1 fully saturated rings. The topological polar surface area (TPSA) is 92.7 Å². The zero-order valence-electron chi connectivity index (χ0n) is 12.1. The van der Waals surface area contributed by atoms with Gasteiger partial charge < -0.3 is 10.6 Å². The van der Waals surface area contributed by atoms with E-state index in [1.807, 2.05) is 0 Å². The zero-order chi connectivity index (χ0) is 15.1. The summed E-state index contributed by atoms with van der Waals surface area (Å²) in [6.07, 6.45) is 0. The molecule has 7 heteroatoms. The fraction of sp³-hybridized carbons (Fsp3) is 0.538. The number of hydrogen-bond donors (Lipinski definition) is 2. The van der Waals surface area contributed by atoms with E-state index < -0.39 is 10.0 Å². The van der Waals surface area contributed by atoms with Gasteiger partial charge in [0, 0.05) is 30.9 Å². The summed E-state index contributed by atoms with van der Waals surface area (Å²) in [6, 6.07) is 4.86. The van der Waals surface area contributed by atoms with E-state index in [1.54, 1.807) is 12.1 Å². The monoisotopic (exact) mass is 298 g/mol. The van der Waals surface area contributed by atoms with Crippen molar-refractivity contribution in [1.29, 1.82) is 0 Å². The number of anilines is 2. The highest BCUT2D eigenvalue weighted by atomic mass is 32.2. The maximum atomic E-state index is 11.8. The van der Waals surface area contributed by atoms with Crippen molar-refractivity contribution >= 4 is 21.4 Å². The van der Waals surface area contributed by atoms with Crippen molar-refractivity contribution in [2.75, 3.05) is 37.3 Å². The molecule has 0 aromatic heterocycles. The number of rotatable bonds is 2. The molecule has 0 unspecified atom stereocenters. The Kier molecular flexibility index (Phi) is 3.70. The van der Waals surface area contributed by atoms with Crippen LogP contribution in [0.5, 0.6) is 0 Å². The Bertz CT molecular complexity index is 613. The van der Waals surface area contributed by atoms with Gasteiger partial charge in [-0.2, -0.15) is 0 Å². The van der Waals surface area contributed by atoms with E-state index in [-0.39, 0.29) is 10.4 Å². The Morgan fingerprint density at radius 1 is 1.25 bits per heavy atom. The van der Waals surface area contributed by atoms with Crippen LogP contribution in [-0.2, 0) is 10.0 Å². The largest absolute Gasteiger partial charge is 0.399 e. The highest BCUT2D eigenvalue weighted by Gasteiger charge is 2.32. The molecule has 20 heavy (non-hydrogen) atoms. The highest BCUT2D eigenvalue weighted by molar-refractivity contribution is 7.89. The first kappa shape index (κ1) is 15.1. The van der Waals surface area contributed by atoms with Gasteiger partial charge in [0.15, 0.2) is 0 Å². The third-order valence-electron chi connectivity index (χ3n) is 3.95. The van der Waals surface area contributed by atoms with E-state index in [9.17, 15) is 8.42 Å². The summed E-state index contributed by atoms with van der Waals surface area (Å²) >= 11 is 0. The van der Waals surface area contributed by atoms with E-state index in [1.165, 1.54) is 6.07 Å². The van der Waals surface area contributed by atoms with Crippen LogP contribution in [0.2, 0.25) is 0 Å². The molecule has 1 aromatic rings. The van der Waals surface area contributed by atoms with Crippen molar-refractivity contribution in [3.63, 3.8) is 0 Å². The Morgan fingerprint density at radius 2 is 1.90 bits per heavy atom. The number of sulfonamides is 1. The Labute approximate surface area is 120 Å². The molecule has 0 radical (unpaired) electrons. The van der Waals surface area contributed by atoms with Gasteiger partial charge >= 0.3 is 0 Å². The molecule has 112 valence electrons. The number of likely N-dealkylation sites (N-methyl/N-ethyl adjacent to an activating group) is 1. The molecule has 0 amide bonds. The van der Waals surface area contributed by atoms with Crippen LogP contribution in [0.25, 0.3) is 0 Å². The van der Waals surface area contributed by atoms with Gasteiger partial charge in [0.2, 0.25) is 10.0 Å². The summed E-state index contributed by atoms with van der Waals surface area (Å²) in [6.45, 7) is 6.61. The lowest BCUT2D eigenvalue weighted by Gasteiger charge is -2.46. The van der Waals surface area contributed by atoms with E-state index in [4.69, 9.17) is 10.9 Å². The first-order chi connectivity index (χ1) is 9.11. The van der Waals surface area contributed by atoms with Gasteiger partial charge in [-0.15, -0.1) is 0 Å². The maximum Gasteiger partial charge on any atom is 0.240 e. The van der Waals surface area contributed by atoms with E-state index in [0.29, 0.717) is 11.4 Å². The molecular weight excluding hydrogens is 276 g/mol. The second-order valence-corrected chi connectivity index (χ2v) is 7.46. The van der Waals surface area contributed by atoms with E-state index >= 15 is 0 Å². The van der Waals surface area contributed by atoms with Crippen LogP contribution >= 0.6 is 0 Å². The molecule has 4 N–H and O–H groups in total. The minimum Gasteiger partial charge on any atom is -0.399 e. The van der Waals surface area contributed by atoms with Crippen LogP contribution in [0.3, 0.4) is 0 Å². The molecule has 1 aliphatic rings. The lowest BCUT2D eigenvalue weighted by Crippen LogP contribution is -2.58. The average molecular weight is 298 g/mol. The summed E-state index contributed by atoms with van der Waals surface area (Å²) in [4.78, 5) is 4.41. The number of nitrogen functional groups attached to an aromatic ring is 1. The van der Waals surface area contributed by atoms with Crippen LogP contribution in [0, 0.1) is 0 Å². The minimum absolute atomic E-state index is 0.0325. The normalized spacial score (nSPS) is 20.1. The molecule has 1 saturated heterocycles. The summed E-state index contributed by atoms with van der Waals surface area (Å²) in [5.74, 6) is 0. The second-order valence-electron chi connectivity index (χ2n) is 5.93.